The second kappa shape index (κ2) is 8.10. The molecule has 0 saturated heterocycles. The quantitative estimate of drug-likeness (QED) is 0.659. The van der Waals surface area contributed by atoms with Gasteiger partial charge in [0.15, 0.2) is 5.84 Å². The van der Waals surface area contributed by atoms with Crippen molar-refractivity contribution in [1.29, 1.82) is 5.41 Å². The highest BCUT2D eigenvalue weighted by molar-refractivity contribution is 8.42. The summed E-state index contributed by atoms with van der Waals surface area (Å²) in [5.74, 6) is -0.277. The molecular formula is C20H17ClN4O4S2. The lowest BCUT2D eigenvalue weighted by Crippen LogP contribution is -2.35. The second-order valence-electron chi connectivity index (χ2n) is 7.24. The number of nitrogens with zero attached hydrogens (tertiary/aromatic N) is 3. The maximum Gasteiger partial charge on any atom is 0.283 e. The minimum absolute atomic E-state index is 0.0469. The molecule has 0 radical (unpaired) electrons. The van der Waals surface area contributed by atoms with Gasteiger partial charge in [-0.2, -0.15) is 10.0 Å². The Labute approximate surface area is 188 Å². The zero-order chi connectivity index (χ0) is 22.3. The molecule has 2 aliphatic rings. The highest BCUT2D eigenvalue weighted by Gasteiger charge is 2.40. The SMILES string of the molecule is CC(C)CS(=O)(=O)C1=NN2C(=N)/C(=C/c3ccc(-c4ccccc4Cl)o3)C(=O)N=C2S1. The van der Waals surface area contributed by atoms with Crippen LogP contribution in [0.5, 0.6) is 0 Å². The fourth-order valence-corrected chi connectivity index (χ4v) is 6.01. The summed E-state index contributed by atoms with van der Waals surface area (Å²) in [5.41, 5.74) is 0.635. The number of halogens is 1. The van der Waals surface area contributed by atoms with Gasteiger partial charge in [-0.1, -0.05) is 37.6 Å². The van der Waals surface area contributed by atoms with Crippen LogP contribution in [0, 0.1) is 11.3 Å². The molecule has 1 N–H and O–H groups in total. The van der Waals surface area contributed by atoms with Crippen LogP contribution >= 0.6 is 23.4 Å². The average Bonchev–Trinajstić information content (AvgIpc) is 3.32. The topological polar surface area (TPSA) is 116 Å². The number of thioether (sulfide) groups is 1. The first kappa shape index (κ1) is 21.5. The van der Waals surface area contributed by atoms with E-state index in [-0.39, 0.29) is 32.6 Å². The second-order valence-corrected chi connectivity index (χ2v) is 10.8. The normalized spacial score (nSPS) is 17.9. The number of carbonyl (C=O) groups excluding carboxylic acids is 1. The minimum atomic E-state index is -3.63. The van der Waals surface area contributed by atoms with Crippen molar-refractivity contribution in [1.82, 2.24) is 5.01 Å². The number of hydrazone groups is 1. The Kier molecular flexibility index (Phi) is 5.63. The fourth-order valence-electron chi connectivity index (χ4n) is 2.99. The number of hydrogen-bond acceptors (Lipinski definition) is 7. The molecule has 0 atom stereocenters. The summed E-state index contributed by atoms with van der Waals surface area (Å²) in [6.07, 6.45) is 1.38. The van der Waals surface area contributed by atoms with E-state index in [0.717, 1.165) is 16.8 Å². The smallest absolute Gasteiger partial charge is 0.283 e. The summed E-state index contributed by atoms with van der Waals surface area (Å²) in [6, 6.07) is 10.5. The summed E-state index contributed by atoms with van der Waals surface area (Å²) in [5, 5.41) is 14.0. The van der Waals surface area contributed by atoms with Crippen molar-refractivity contribution >= 4 is 60.6 Å². The predicted octanol–water partition coefficient (Wildman–Crippen LogP) is 4.25. The molecule has 0 aliphatic carbocycles. The van der Waals surface area contributed by atoms with Crippen LogP contribution in [0.2, 0.25) is 5.02 Å². The summed E-state index contributed by atoms with van der Waals surface area (Å²) >= 11 is 6.97. The van der Waals surface area contributed by atoms with E-state index in [0.29, 0.717) is 22.1 Å². The summed E-state index contributed by atoms with van der Waals surface area (Å²) < 4.78 is 30.6. The van der Waals surface area contributed by atoms with Crippen molar-refractivity contribution in [2.75, 3.05) is 5.75 Å². The molecule has 11 heteroatoms. The molecular weight excluding hydrogens is 460 g/mol. The van der Waals surface area contributed by atoms with Gasteiger partial charge in [0.2, 0.25) is 19.4 Å². The fraction of sp³-hybridized carbons (Fsp3) is 0.200. The van der Waals surface area contributed by atoms with Gasteiger partial charge in [-0.3, -0.25) is 10.2 Å². The van der Waals surface area contributed by atoms with Crippen LogP contribution in [-0.4, -0.2) is 40.5 Å². The highest BCUT2D eigenvalue weighted by Crippen LogP contribution is 2.33. The standard InChI is InChI=1S/C20H17ClN4O4S2/c1-11(2)10-31(27,28)20-24-25-17(22)14(18(26)23-19(25)30-20)9-12-7-8-16(29-12)13-5-3-4-6-15(13)21/h3-9,11,22H,10H2,1-2H3/b14-9-,22-17?. The van der Waals surface area contributed by atoms with Gasteiger partial charge in [-0.15, -0.1) is 5.10 Å². The average molecular weight is 477 g/mol. The third-order valence-electron chi connectivity index (χ3n) is 4.31. The lowest BCUT2D eigenvalue weighted by molar-refractivity contribution is -0.114. The van der Waals surface area contributed by atoms with Gasteiger partial charge in [-0.25, -0.2) is 8.42 Å². The van der Waals surface area contributed by atoms with Gasteiger partial charge in [0.1, 0.15) is 11.5 Å². The van der Waals surface area contributed by atoms with Gasteiger partial charge in [0.25, 0.3) is 5.91 Å². The molecule has 0 bridgehead atoms. The molecule has 31 heavy (non-hydrogen) atoms. The molecule has 0 fully saturated rings. The lowest BCUT2D eigenvalue weighted by Gasteiger charge is -2.19. The molecule has 2 aromatic rings. The maximum absolute atomic E-state index is 12.5. The number of nitrogens with one attached hydrogen (secondary N) is 1. The van der Waals surface area contributed by atoms with E-state index in [1.54, 1.807) is 44.2 Å². The number of amidine groups is 2. The van der Waals surface area contributed by atoms with E-state index in [1.165, 1.54) is 6.08 Å². The first-order valence-corrected chi connectivity index (χ1v) is 12.1. The van der Waals surface area contributed by atoms with Crippen molar-refractivity contribution in [2.45, 2.75) is 13.8 Å². The van der Waals surface area contributed by atoms with Crippen LogP contribution in [0.3, 0.4) is 0 Å². The molecule has 2 aliphatic heterocycles. The Morgan fingerprint density at radius 1 is 1.26 bits per heavy atom. The van der Waals surface area contributed by atoms with Crippen LogP contribution in [0.1, 0.15) is 19.6 Å². The van der Waals surface area contributed by atoms with Crippen molar-refractivity contribution < 1.29 is 17.6 Å². The Morgan fingerprint density at radius 3 is 2.71 bits per heavy atom. The van der Waals surface area contributed by atoms with E-state index in [2.05, 4.69) is 10.1 Å². The van der Waals surface area contributed by atoms with Crippen LogP contribution in [0.4, 0.5) is 0 Å². The number of benzene rings is 1. The summed E-state index contributed by atoms with van der Waals surface area (Å²) in [7, 11) is -3.63. The van der Waals surface area contributed by atoms with Gasteiger partial charge in [0.05, 0.1) is 16.3 Å². The third-order valence-corrected chi connectivity index (χ3v) is 8.07. The largest absolute Gasteiger partial charge is 0.457 e. The molecule has 160 valence electrons. The third kappa shape index (κ3) is 4.23. The van der Waals surface area contributed by atoms with E-state index in [4.69, 9.17) is 21.4 Å². The summed E-state index contributed by atoms with van der Waals surface area (Å²) in [4.78, 5) is 16.4. The minimum Gasteiger partial charge on any atom is -0.457 e. The van der Waals surface area contributed by atoms with E-state index >= 15 is 0 Å². The number of amides is 1. The van der Waals surface area contributed by atoms with Crippen molar-refractivity contribution in [3.05, 3.63) is 52.8 Å². The Hall–Kier alpha value is -2.69. The number of sulfone groups is 1. The molecule has 1 aromatic carbocycles. The lowest BCUT2D eigenvalue weighted by atomic mass is 10.1. The summed E-state index contributed by atoms with van der Waals surface area (Å²) in [6.45, 7) is 3.57. The Morgan fingerprint density at radius 2 is 2.00 bits per heavy atom. The van der Waals surface area contributed by atoms with E-state index < -0.39 is 15.7 Å². The zero-order valence-corrected chi connectivity index (χ0v) is 18.9. The number of fused-ring (bicyclic) bond motifs is 1. The monoisotopic (exact) mass is 476 g/mol. The Balaban J connectivity index is 1.64. The molecule has 0 spiro atoms. The number of hydrogen-bond donors (Lipinski definition) is 1. The van der Waals surface area contributed by atoms with Gasteiger partial charge in [0, 0.05) is 5.56 Å². The molecule has 1 amide bonds. The molecule has 1 aromatic heterocycles. The predicted molar refractivity (Wildman–Crippen MR) is 123 cm³/mol. The maximum atomic E-state index is 12.5. The Bertz CT molecular complexity index is 1290. The van der Waals surface area contributed by atoms with Crippen LogP contribution in [0.15, 0.2) is 56.5 Å². The van der Waals surface area contributed by atoms with Gasteiger partial charge >= 0.3 is 0 Å². The van der Waals surface area contributed by atoms with Crippen molar-refractivity contribution in [2.24, 2.45) is 16.0 Å². The van der Waals surface area contributed by atoms with Crippen LogP contribution in [-0.2, 0) is 14.6 Å². The number of rotatable bonds is 4. The highest BCUT2D eigenvalue weighted by atomic mass is 35.5. The zero-order valence-electron chi connectivity index (χ0n) is 16.5. The van der Waals surface area contributed by atoms with Crippen LogP contribution in [0.25, 0.3) is 17.4 Å². The van der Waals surface area contributed by atoms with E-state index in [9.17, 15) is 13.2 Å². The molecule has 0 saturated carbocycles. The molecule has 8 nitrogen and oxygen atoms in total. The van der Waals surface area contributed by atoms with Crippen molar-refractivity contribution in [3.8, 4) is 11.3 Å². The van der Waals surface area contributed by atoms with Crippen LogP contribution < -0.4 is 0 Å². The number of furan rings is 1. The molecule has 0 unspecified atom stereocenters. The molecule has 3 heterocycles. The van der Waals surface area contributed by atoms with E-state index in [1.807, 2.05) is 6.07 Å². The van der Waals surface area contributed by atoms with Gasteiger partial charge < -0.3 is 4.42 Å². The first-order chi connectivity index (χ1) is 14.7. The van der Waals surface area contributed by atoms with Crippen molar-refractivity contribution in [3.63, 3.8) is 0 Å². The molecule has 4 rings (SSSR count). The number of aliphatic imine (C=N–C) groups is 1. The first-order valence-electron chi connectivity index (χ1n) is 9.23. The van der Waals surface area contributed by atoms with Gasteiger partial charge in [-0.05, 0) is 48.0 Å². The number of carbonyl (C=O) groups is 1.